The number of hydrogen-bond donors (Lipinski definition) is 1. The van der Waals surface area contributed by atoms with Crippen LogP contribution in [0.5, 0.6) is 0 Å². The highest BCUT2D eigenvalue weighted by atomic mass is 16.2. The molecule has 4 heteroatoms. The molecule has 0 bridgehead atoms. The van der Waals surface area contributed by atoms with Crippen molar-refractivity contribution in [3.05, 3.63) is 35.4 Å². The van der Waals surface area contributed by atoms with Crippen LogP contribution in [0.1, 0.15) is 36.6 Å². The zero-order valence-corrected chi connectivity index (χ0v) is 12.6. The molecule has 1 aromatic carbocycles. The van der Waals surface area contributed by atoms with Gasteiger partial charge in [0.15, 0.2) is 0 Å². The zero-order chi connectivity index (χ0) is 14.4. The Morgan fingerprint density at radius 1 is 1.10 bits per heavy atom. The van der Waals surface area contributed by atoms with Gasteiger partial charge in [0.1, 0.15) is 6.17 Å². The van der Waals surface area contributed by atoms with Gasteiger partial charge in [-0.05, 0) is 31.7 Å². The maximum Gasteiger partial charge on any atom is 0.238 e. The van der Waals surface area contributed by atoms with E-state index in [1.54, 1.807) is 0 Å². The van der Waals surface area contributed by atoms with Crippen LogP contribution in [0.25, 0.3) is 0 Å². The molecule has 1 amide bonds. The average Bonchev–Trinajstić information content (AvgIpc) is 3.10. The molecular formula is C17H23N3O. The molecule has 1 N–H and O–H groups in total. The van der Waals surface area contributed by atoms with Crippen molar-refractivity contribution in [2.45, 2.75) is 44.4 Å². The fraction of sp³-hybridized carbons (Fsp3) is 0.588. The van der Waals surface area contributed by atoms with Gasteiger partial charge in [-0.15, -0.1) is 0 Å². The van der Waals surface area contributed by atoms with Gasteiger partial charge in [0.25, 0.3) is 0 Å². The lowest BCUT2D eigenvalue weighted by molar-refractivity contribution is -0.130. The molecule has 112 valence electrons. The van der Waals surface area contributed by atoms with E-state index in [0.717, 1.165) is 25.6 Å². The predicted molar refractivity (Wildman–Crippen MR) is 81.8 cm³/mol. The van der Waals surface area contributed by atoms with E-state index in [1.807, 2.05) is 0 Å². The summed E-state index contributed by atoms with van der Waals surface area (Å²) in [6.07, 6.45) is 3.87. The van der Waals surface area contributed by atoms with E-state index in [-0.39, 0.29) is 12.1 Å². The van der Waals surface area contributed by atoms with Gasteiger partial charge in [-0.25, -0.2) is 0 Å². The fourth-order valence-electron chi connectivity index (χ4n) is 3.73. The Kier molecular flexibility index (Phi) is 3.23. The number of rotatable bonds is 3. The summed E-state index contributed by atoms with van der Waals surface area (Å²) < 4.78 is 0. The highest BCUT2D eigenvalue weighted by Gasteiger charge is 2.42. The van der Waals surface area contributed by atoms with Gasteiger partial charge in [0.2, 0.25) is 5.91 Å². The van der Waals surface area contributed by atoms with Gasteiger partial charge in [-0.2, -0.15) is 0 Å². The third kappa shape index (κ3) is 2.47. The monoisotopic (exact) mass is 285 g/mol. The molecule has 4 rings (SSSR count). The number of likely N-dealkylation sites (tertiary alicyclic amines) is 1. The molecule has 0 aromatic heterocycles. The van der Waals surface area contributed by atoms with E-state index < -0.39 is 0 Å². The summed E-state index contributed by atoms with van der Waals surface area (Å²) in [6.45, 7) is 4.78. The Hall–Kier alpha value is -1.39. The summed E-state index contributed by atoms with van der Waals surface area (Å²) in [5.41, 5.74) is 2.46. The number of aryl methyl sites for hydroxylation is 1. The van der Waals surface area contributed by atoms with Crippen LogP contribution in [0.2, 0.25) is 0 Å². The third-order valence-corrected chi connectivity index (χ3v) is 5.06. The number of carbonyl (C=O) groups excluding carboxylic acids is 1. The molecular weight excluding hydrogens is 262 g/mol. The second-order valence-corrected chi connectivity index (χ2v) is 6.66. The van der Waals surface area contributed by atoms with Crippen LogP contribution >= 0.6 is 0 Å². The molecule has 2 unspecified atom stereocenters. The predicted octanol–water partition coefficient (Wildman–Crippen LogP) is 1.66. The van der Waals surface area contributed by atoms with Gasteiger partial charge < -0.3 is 4.90 Å². The number of benzene rings is 1. The van der Waals surface area contributed by atoms with Crippen LogP contribution < -0.4 is 5.32 Å². The number of carbonyl (C=O) groups is 1. The van der Waals surface area contributed by atoms with Crippen molar-refractivity contribution >= 4 is 5.91 Å². The van der Waals surface area contributed by atoms with Gasteiger partial charge in [0.05, 0.1) is 6.54 Å². The summed E-state index contributed by atoms with van der Waals surface area (Å²) in [4.78, 5) is 17.0. The first-order valence-electron chi connectivity index (χ1n) is 8.07. The van der Waals surface area contributed by atoms with E-state index in [2.05, 4.69) is 46.3 Å². The molecule has 2 saturated heterocycles. The number of nitrogens with one attached hydrogen (secondary N) is 1. The molecule has 2 atom stereocenters. The smallest absolute Gasteiger partial charge is 0.238 e. The van der Waals surface area contributed by atoms with Crippen molar-refractivity contribution in [3.8, 4) is 0 Å². The van der Waals surface area contributed by atoms with Crippen molar-refractivity contribution in [3.63, 3.8) is 0 Å². The molecule has 2 heterocycles. The van der Waals surface area contributed by atoms with Gasteiger partial charge in [0, 0.05) is 25.2 Å². The largest absolute Gasteiger partial charge is 0.317 e. The minimum Gasteiger partial charge on any atom is -0.317 e. The summed E-state index contributed by atoms with van der Waals surface area (Å²) in [7, 11) is 0. The van der Waals surface area contributed by atoms with Crippen LogP contribution in [0.3, 0.4) is 0 Å². The summed E-state index contributed by atoms with van der Waals surface area (Å²) in [5.74, 6) is 0.253. The first kappa shape index (κ1) is 13.3. The Balaban J connectivity index is 1.53. The molecule has 0 radical (unpaired) electrons. The molecule has 1 aliphatic carbocycles. The normalized spacial score (nSPS) is 30.3. The topological polar surface area (TPSA) is 35.6 Å². The molecule has 3 fully saturated rings. The quantitative estimate of drug-likeness (QED) is 0.917. The van der Waals surface area contributed by atoms with E-state index in [9.17, 15) is 4.79 Å². The lowest BCUT2D eigenvalue weighted by Gasteiger charge is -2.30. The maximum atomic E-state index is 12.3. The first-order chi connectivity index (χ1) is 10.2. The third-order valence-electron chi connectivity index (χ3n) is 5.06. The molecule has 1 aromatic rings. The fourth-order valence-corrected chi connectivity index (χ4v) is 3.73. The first-order valence-corrected chi connectivity index (χ1v) is 8.07. The maximum absolute atomic E-state index is 12.3. The molecule has 21 heavy (non-hydrogen) atoms. The second-order valence-electron chi connectivity index (χ2n) is 6.66. The number of hydrogen-bond acceptors (Lipinski definition) is 3. The van der Waals surface area contributed by atoms with Crippen molar-refractivity contribution in [2.75, 3.05) is 19.6 Å². The van der Waals surface area contributed by atoms with E-state index in [4.69, 9.17) is 0 Å². The Morgan fingerprint density at radius 3 is 2.57 bits per heavy atom. The molecule has 4 nitrogen and oxygen atoms in total. The minimum absolute atomic E-state index is 0.0576. The highest BCUT2D eigenvalue weighted by Crippen LogP contribution is 2.34. The van der Waals surface area contributed by atoms with Crippen LogP contribution in [-0.2, 0) is 4.79 Å². The van der Waals surface area contributed by atoms with Crippen molar-refractivity contribution in [1.29, 1.82) is 0 Å². The number of amides is 1. The zero-order valence-electron chi connectivity index (χ0n) is 12.6. The standard InChI is InChI=1S/C17H23N3O/c1-12-2-4-13(5-3-12)17-18-10-16(21)20(17)15-8-9-19(11-15)14-6-7-14/h2-5,14-15,17-18H,6-11H2,1H3. The number of nitrogens with zero attached hydrogens (tertiary/aromatic N) is 2. The SMILES string of the molecule is Cc1ccc(C2NCC(=O)N2C2CCN(C3CC3)C2)cc1. The summed E-state index contributed by atoms with van der Waals surface area (Å²) in [5, 5.41) is 3.39. The van der Waals surface area contributed by atoms with E-state index >= 15 is 0 Å². The van der Waals surface area contributed by atoms with Gasteiger partial charge in [-0.1, -0.05) is 29.8 Å². The Morgan fingerprint density at radius 2 is 1.86 bits per heavy atom. The lowest BCUT2D eigenvalue weighted by atomic mass is 10.1. The molecule has 0 spiro atoms. The highest BCUT2D eigenvalue weighted by molar-refractivity contribution is 5.81. The molecule has 3 aliphatic rings. The van der Waals surface area contributed by atoms with Gasteiger partial charge >= 0.3 is 0 Å². The lowest BCUT2D eigenvalue weighted by Crippen LogP contribution is -2.41. The molecule has 1 saturated carbocycles. The Labute approximate surface area is 126 Å². The van der Waals surface area contributed by atoms with Crippen LogP contribution in [0, 0.1) is 6.92 Å². The second kappa shape index (κ2) is 5.11. The van der Waals surface area contributed by atoms with E-state index in [0.29, 0.717) is 12.6 Å². The van der Waals surface area contributed by atoms with Crippen molar-refractivity contribution < 1.29 is 4.79 Å². The van der Waals surface area contributed by atoms with Crippen LogP contribution in [0.15, 0.2) is 24.3 Å². The van der Waals surface area contributed by atoms with Crippen LogP contribution in [-0.4, -0.2) is 47.4 Å². The molecule has 2 aliphatic heterocycles. The Bertz CT molecular complexity index is 537. The van der Waals surface area contributed by atoms with Crippen molar-refractivity contribution in [1.82, 2.24) is 15.1 Å². The van der Waals surface area contributed by atoms with E-state index in [1.165, 1.54) is 24.0 Å². The van der Waals surface area contributed by atoms with Gasteiger partial charge in [-0.3, -0.25) is 15.0 Å². The summed E-state index contributed by atoms with van der Waals surface area (Å²) in [6, 6.07) is 9.72. The summed E-state index contributed by atoms with van der Waals surface area (Å²) >= 11 is 0. The average molecular weight is 285 g/mol. The minimum atomic E-state index is 0.0576. The van der Waals surface area contributed by atoms with Crippen molar-refractivity contribution in [2.24, 2.45) is 0 Å². The van der Waals surface area contributed by atoms with Crippen LogP contribution in [0.4, 0.5) is 0 Å².